The number of amides is 1. The Morgan fingerprint density at radius 2 is 1.69 bits per heavy atom. The standard InChI is InChI=1S/C18H13ClF3N3O/c1-24(13-5-3-2-4-6-13)17(26)15-11-23-25(16(15)18(20,21)22)14-9-7-12(19)8-10-14/h2-11H,1H3. The van der Waals surface area contributed by atoms with Gasteiger partial charge in [-0.15, -0.1) is 0 Å². The molecule has 0 N–H and O–H groups in total. The predicted octanol–water partition coefficient (Wildman–Crippen LogP) is 4.82. The Balaban J connectivity index is 2.08. The summed E-state index contributed by atoms with van der Waals surface area (Å²) in [6, 6.07) is 14.1. The molecule has 0 aliphatic carbocycles. The SMILES string of the molecule is CN(C(=O)c1cnn(-c2ccc(Cl)cc2)c1C(F)(F)F)c1ccccc1. The van der Waals surface area contributed by atoms with Crippen LogP contribution in [0.3, 0.4) is 0 Å². The highest BCUT2D eigenvalue weighted by Gasteiger charge is 2.41. The number of rotatable bonds is 3. The fourth-order valence-electron chi connectivity index (χ4n) is 2.51. The maximum absolute atomic E-state index is 13.7. The summed E-state index contributed by atoms with van der Waals surface area (Å²) in [4.78, 5) is 13.8. The van der Waals surface area contributed by atoms with Crippen LogP contribution in [-0.2, 0) is 6.18 Å². The average Bonchev–Trinajstić information content (AvgIpc) is 3.07. The van der Waals surface area contributed by atoms with Crippen molar-refractivity contribution in [1.29, 1.82) is 0 Å². The third-order valence-corrected chi connectivity index (χ3v) is 4.04. The number of carbonyl (C=O) groups excluding carboxylic acids is 1. The molecule has 26 heavy (non-hydrogen) atoms. The molecule has 0 atom stereocenters. The summed E-state index contributed by atoms with van der Waals surface area (Å²) < 4.78 is 41.7. The number of benzene rings is 2. The predicted molar refractivity (Wildman–Crippen MR) is 92.8 cm³/mol. The Labute approximate surface area is 152 Å². The number of anilines is 1. The van der Waals surface area contributed by atoms with Gasteiger partial charge in [0.05, 0.1) is 17.4 Å². The van der Waals surface area contributed by atoms with Gasteiger partial charge in [0.2, 0.25) is 0 Å². The Bertz CT molecular complexity index is 921. The molecule has 0 saturated carbocycles. The van der Waals surface area contributed by atoms with E-state index in [1.165, 1.54) is 31.3 Å². The second-order valence-electron chi connectivity index (χ2n) is 5.49. The van der Waals surface area contributed by atoms with E-state index in [1.807, 2.05) is 0 Å². The summed E-state index contributed by atoms with van der Waals surface area (Å²) in [7, 11) is 1.41. The van der Waals surface area contributed by atoms with Crippen LogP contribution in [0.5, 0.6) is 0 Å². The summed E-state index contributed by atoms with van der Waals surface area (Å²) in [6.07, 6.45) is -3.84. The molecule has 1 heterocycles. The summed E-state index contributed by atoms with van der Waals surface area (Å²) in [5.74, 6) is -0.802. The molecular formula is C18H13ClF3N3O. The monoisotopic (exact) mass is 379 g/mol. The van der Waals surface area contributed by atoms with E-state index in [-0.39, 0.29) is 5.69 Å². The number of halogens is 4. The number of aromatic nitrogens is 2. The van der Waals surface area contributed by atoms with Gasteiger partial charge < -0.3 is 4.90 Å². The molecule has 0 aliphatic rings. The van der Waals surface area contributed by atoms with E-state index in [9.17, 15) is 18.0 Å². The first-order valence-electron chi connectivity index (χ1n) is 7.53. The maximum Gasteiger partial charge on any atom is 0.434 e. The average molecular weight is 380 g/mol. The molecule has 4 nitrogen and oxygen atoms in total. The second kappa shape index (κ2) is 6.84. The zero-order chi connectivity index (χ0) is 18.9. The van der Waals surface area contributed by atoms with Crippen LogP contribution in [0, 0.1) is 0 Å². The Hall–Kier alpha value is -2.80. The molecular weight excluding hydrogens is 367 g/mol. The van der Waals surface area contributed by atoms with Gasteiger partial charge in [0.15, 0.2) is 5.69 Å². The Kier molecular flexibility index (Phi) is 4.73. The quantitative estimate of drug-likeness (QED) is 0.654. The Morgan fingerprint density at radius 3 is 2.27 bits per heavy atom. The summed E-state index contributed by atoms with van der Waals surface area (Å²) >= 11 is 5.78. The van der Waals surface area contributed by atoms with Crippen LogP contribution in [-0.4, -0.2) is 22.7 Å². The van der Waals surface area contributed by atoms with Crippen molar-refractivity contribution in [1.82, 2.24) is 9.78 Å². The molecule has 0 fully saturated rings. The first-order valence-corrected chi connectivity index (χ1v) is 7.91. The first kappa shape index (κ1) is 18.0. The van der Waals surface area contributed by atoms with E-state index >= 15 is 0 Å². The zero-order valence-corrected chi connectivity index (χ0v) is 14.3. The largest absolute Gasteiger partial charge is 0.434 e. The summed E-state index contributed by atoms with van der Waals surface area (Å²) in [6.45, 7) is 0. The molecule has 0 radical (unpaired) electrons. The fraction of sp³-hybridized carbons (Fsp3) is 0.111. The third-order valence-electron chi connectivity index (χ3n) is 3.79. The van der Waals surface area contributed by atoms with Gasteiger partial charge in [-0.25, -0.2) is 4.68 Å². The van der Waals surface area contributed by atoms with Gasteiger partial charge in [-0.3, -0.25) is 4.79 Å². The van der Waals surface area contributed by atoms with E-state index < -0.39 is 23.3 Å². The number of nitrogens with zero attached hydrogens (tertiary/aromatic N) is 3. The molecule has 0 spiro atoms. The second-order valence-corrected chi connectivity index (χ2v) is 5.93. The van der Waals surface area contributed by atoms with Gasteiger partial charge in [-0.2, -0.15) is 18.3 Å². The van der Waals surface area contributed by atoms with Gasteiger partial charge in [-0.1, -0.05) is 29.8 Å². The van der Waals surface area contributed by atoms with Crippen LogP contribution < -0.4 is 4.90 Å². The minimum absolute atomic E-state index is 0.156. The molecule has 0 saturated heterocycles. The first-order chi connectivity index (χ1) is 12.3. The zero-order valence-electron chi connectivity index (χ0n) is 13.5. The van der Waals surface area contributed by atoms with Crippen LogP contribution in [0.2, 0.25) is 5.02 Å². The number of para-hydroxylation sites is 1. The molecule has 134 valence electrons. The summed E-state index contributed by atoms with van der Waals surface area (Å²) in [5, 5.41) is 4.17. The van der Waals surface area contributed by atoms with Crippen molar-refractivity contribution in [2.24, 2.45) is 0 Å². The third kappa shape index (κ3) is 3.43. The van der Waals surface area contributed by atoms with Crippen LogP contribution in [0.15, 0.2) is 60.8 Å². The maximum atomic E-state index is 13.7. The number of hydrogen-bond acceptors (Lipinski definition) is 2. The van der Waals surface area contributed by atoms with Gasteiger partial charge in [0.1, 0.15) is 0 Å². The van der Waals surface area contributed by atoms with Crippen molar-refractivity contribution in [3.8, 4) is 5.69 Å². The van der Waals surface area contributed by atoms with Gasteiger partial charge in [-0.05, 0) is 36.4 Å². The van der Waals surface area contributed by atoms with Gasteiger partial charge >= 0.3 is 6.18 Å². The normalized spacial score (nSPS) is 11.4. The van der Waals surface area contributed by atoms with E-state index in [2.05, 4.69) is 5.10 Å². The topological polar surface area (TPSA) is 38.1 Å². The minimum Gasteiger partial charge on any atom is -0.311 e. The molecule has 0 unspecified atom stereocenters. The summed E-state index contributed by atoms with van der Waals surface area (Å²) in [5.41, 5.74) is -1.03. The molecule has 0 bridgehead atoms. The number of alkyl halides is 3. The van der Waals surface area contributed by atoms with Gasteiger partial charge in [0.25, 0.3) is 5.91 Å². The number of carbonyl (C=O) groups is 1. The van der Waals surface area contributed by atoms with E-state index in [0.717, 1.165) is 11.1 Å². The van der Waals surface area contributed by atoms with Crippen LogP contribution in [0.4, 0.5) is 18.9 Å². The lowest BCUT2D eigenvalue weighted by Gasteiger charge is -2.18. The minimum atomic E-state index is -4.77. The van der Waals surface area contributed by atoms with Crippen LogP contribution >= 0.6 is 11.6 Å². The van der Waals surface area contributed by atoms with E-state index in [0.29, 0.717) is 15.4 Å². The van der Waals surface area contributed by atoms with E-state index in [1.54, 1.807) is 30.3 Å². The molecule has 2 aromatic carbocycles. The van der Waals surface area contributed by atoms with Gasteiger partial charge in [0, 0.05) is 17.8 Å². The number of hydrogen-bond donors (Lipinski definition) is 0. The molecule has 3 rings (SSSR count). The fourth-order valence-corrected chi connectivity index (χ4v) is 2.63. The molecule has 1 amide bonds. The van der Waals surface area contributed by atoms with Crippen molar-refractivity contribution in [3.63, 3.8) is 0 Å². The van der Waals surface area contributed by atoms with Crippen molar-refractivity contribution in [3.05, 3.63) is 77.1 Å². The molecule has 3 aromatic rings. The lowest BCUT2D eigenvalue weighted by Crippen LogP contribution is -2.28. The highest BCUT2D eigenvalue weighted by atomic mass is 35.5. The van der Waals surface area contributed by atoms with Crippen molar-refractivity contribution in [2.75, 3.05) is 11.9 Å². The highest BCUT2D eigenvalue weighted by molar-refractivity contribution is 6.30. The van der Waals surface area contributed by atoms with E-state index in [4.69, 9.17) is 11.6 Å². The lowest BCUT2D eigenvalue weighted by molar-refractivity contribution is -0.143. The van der Waals surface area contributed by atoms with Crippen molar-refractivity contribution >= 4 is 23.2 Å². The highest BCUT2D eigenvalue weighted by Crippen LogP contribution is 2.34. The molecule has 1 aromatic heterocycles. The smallest absolute Gasteiger partial charge is 0.311 e. The molecule has 8 heteroatoms. The van der Waals surface area contributed by atoms with Crippen LogP contribution in [0.25, 0.3) is 5.69 Å². The molecule has 0 aliphatic heterocycles. The Morgan fingerprint density at radius 1 is 1.08 bits per heavy atom. The van der Waals surface area contributed by atoms with Crippen molar-refractivity contribution in [2.45, 2.75) is 6.18 Å². The van der Waals surface area contributed by atoms with Crippen LogP contribution in [0.1, 0.15) is 16.1 Å². The van der Waals surface area contributed by atoms with Crippen molar-refractivity contribution < 1.29 is 18.0 Å². The lowest BCUT2D eigenvalue weighted by atomic mass is 10.2.